The Morgan fingerprint density at radius 2 is 2.32 bits per heavy atom. The van der Waals surface area contributed by atoms with Crippen LogP contribution in [-0.4, -0.2) is 32.7 Å². The normalized spacial score (nSPS) is 13.7. The Morgan fingerprint density at radius 3 is 3.05 bits per heavy atom. The molecule has 19 heavy (non-hydrogen) atoms. The predicted octanol–water partition coefficient (Wildman–Crippen LogP) is 1.16. The van der Waals surface area contributed by atoms with E-state index in [0.717, 1.165) is 5.56 Å². The Kier molecular flexibility index (Phi) is 3.02. The lowest BCUT2D eigenvalue weighted by molar-refractivity contribution is -0.119. The van der Waals surface area contributed by atoms with Crippen molar-refractivity contribution in [2.45, 2.75) is 13.0 Å². The third kappa shape index (κ3) is 2.23. The van der Waals surface area contributed by atoms with Crippen LogP contribution in [0.25, 0.3) is 0 Å². The summed E-state index contributed by atoms with van der Waals surface area (Å²) in [6.07, 6.45) is 2.00. The second kappa shape index (κ2) is 4.69. The highest BCUT2D eigenvalue weighted by atomic mass is 79.9. The van der Waals surface area contributed by atoms with Crippen molar-refractivity contribution in [1.29, 1.82) is 0 Å². The molecule has 0 N–H and O–H groups in total. The van der Waals surface area contributed by atoms with Crippen LogP contribution in [0.2, 0.25) is 0 Å². The van der Waals surface area contributed by atoms with E-state index in [4.69, 9.17) is 0 Å². The summed E-state index contributed by atoms with van der Waals surface area (Å²) in [6.45, 7) is 0.478. The van der Waals surface area contributed by atoms with Gasteiger partial charge in [-0.2, -0.15) is 0 Å². The number of nitrogens with zero attached hydrogens (tertiary/aromatic N) is 5. The number of amides is 1. The molecule has 3 rings (SSSR count). The second-order valence-electron chi connectivity index (χ2n) is 4.20. The maximum absolute atomic E-state index is 14.0. The van der Waals surface area contributed by atoms with Crippen LogP contribution < -0.4 is 4.90 Å². The van der Waals surface area contributed by atoms with Crippen LogP contribution in [0.5, 0.6) is 0 Å². The molecule has 98 valence electrons. The first-order chi connectivity index (χ1) is 9.15. The highest BCUT2D eigenvalue weighted by Crippen LogP contribution is 2.33. The number of fused-ring (bicyclic) bond motifs is 1. The zero-order valence-corrected chi connectivity index (χ0v) is 11.3. The lowest BCUT2D eigenvalue weighted by Crippen LogP contribution is -2.33. The predicted molar refractivity (Wildman–Crippen MR) is 68.0 cm³/mol. The molecule has 1 aliphatic rings. The average Bonchev–Trinajstić information content (AvgIpc) is 2.97. The number of aromatic nitrogens is 4. The van der Waals surface area contributed by atoms with Crippen LogP contribution in [0, 0.1) is 5.82 Å². The van der Waals surface area contributed by atoms with Crippen molar-refractivity contribution in [2.75, 3.05) is 11.4 Å². The van der Waals surface area contributed by atoms with Crippen LogP contribution >= 0.6 is 15.9 Å². The molecule has 8 heteroatoms. The van der Waals surface area contributed by atoms with E-state index < -0.39 is 5.82 Å². The third-order valence-electron chi connectivity index (χ3n) is 2.97. The average molecular weight is 326 g/mol. The monoisotopic (exact) mass is 325 g/mol. The summed E-state index contributed by atoms with van der Waals surface area (Å²) in [5, 5.41) is 10.5. The van der Waals surface area contributed by atoms with Gasteiger partial charge in [0.1, 0.15) is 18.7 Å². The van der Waals surface area contributed by atoms with E-state index in [1.165, 1.54) is 22.0 Å². The standard InChI is InChI=1S/C11H9BrFN5O/c12-8-3-7-1-2-18(11(7)9(13)4-8)10(19)5-17-6-14-15-16-17/h3-4,6H,1-2,5H2. The highest BCUT2D eigenvalue weighted by molar-refractivity contribution is 9.10. The van der Waals surface area contributed by atoms with Crippen molar-refractivity contribution >= 4 is 27.5 Å². The molecule has 1 aliphatic heterocycles. The molecule has 6 nitrogen and oxygen atoms in total. The zero-order valence-electron chi connectivity index (χ0n) is 9.75. The van der Waals surface area contributed by atoms with Gasteiger partial charge in [0.15, 0.2) is 0 Å². The van der Waals surface area contributed by atoms with Gasteiger partial charge < -0.3 is 4.90 Å². The number of anilines is 1. The zero-order chi connectivity index (χ0) is 13.4. The minimum atomic E-state index is -0.396. The van der Waals surface area contributed by atoms with Crippen molar-refractivity contribution in [1.82, 2.24) is 20.2 Å². The molecular formula is C11H9BrFN5O. The van der Waals surface area contributed by atoms with E-state index in [1.807, 2.05) is 6.07 Å². The van der Waals surface area contributed by atoms with Crippen LogP contribution in [0.1, 0.15) is 5.56 Å². The van der Waals surface area contributed by atoms with E-state index in [1.54, 1.807) is 0 Å². The van der Waals surface area contributed by atoms with Gasteiger partial charge in [0.25, 0.3) is 0 Å². The number of halogens is 2. The molecule has 0 spiro atoms. The number of hydrogen-bond acceptors (Lipinski definition) is 4. The first kappa shape index (κ1) is 12.2. The molecule has 0 fully saturated rings. The maximum Gasteiger partial charge on any atom is 0.248 e. The Balaban J connectivity index is 1.88. The largest absolute Gasteiger partial charge is 0.307 e. The summed E-state index contributed by atoms with van der Waals surface area (Å²) in [7, 11) is 0. The summed E-state index contributed by atoms with van der Waals surface area (Å²) in [4.78, 5) is 13.6. The maximum atomic E-state index is 14.0. The summed E-state index contributed by atoms with van der Waals surface area (Å²) in [6, 6.07) is 3.20. The van der Waals surface area contributed by atoms with Gasteiger partial charge >= 0.3 is 0 Å². The summed E-state index contributed by atoms with van der Waals surface area (Å²) < 4.78 is 16.0. The number of rotatable bonds is 2. The molecule has 1 aromatic heterocycles. The topological polar surface area (TPSA) is 63.9 Å². The van der Waals surface area contributed by atoms with E-state index in [-0.39, 0.29) is 12.5 Å². The van der Waals surface area contributed by atoms with Gasteiger partial charge in [0.2, 0.25) is 5.91 Å². The molecule has 0 radical (unpaired) electrons. The fourth-order valence-electron chi connectivity index (χ4n) is 2.18. The van der Waals surface area contributed by atoms with Gasteiger partial charge in [0, 0.05) is 11.0 Å². The quantitative estimate of drug-likeness (QED) is 0.831. The summed E-state index contributed by atoms with van der Waals surface area (Å²) in [5.74, 6) is -0.626. The van der Waals surface area contributed by atoms with Gasteiger partial charge in [0.05, 0.1) is 5.69 Å². The number of hydrogen-bond donors (Lipinski definition) is 0. The molecule has 2 heterocycles. The third-order valence-corrected chi connectivity index (χ3v) is 3.43. The molecule has 0 unspecified atom stereocenters. The van der Waals surface area contributed by atoms with Crippen LogP contribution in [0.4, 0.5) is 10.1 Å². The van der Waals surface area contributed by atoms with Gasteiger partial charge in [-0.25, -0.2) is 9.07 Å². The summed E-state index contributed by atoms with van der Waals surface area (Å²) in [5.41, 5.74) is 1.19. The van der Waals surface area contributed by atoms with E-state index in [0.29, 0.717) is 23.1 Å². The molecule has 0 atom stereocenters. The van der Waals surface area contributed by atoms with Gasteiger partial charge in [-0.3, -0.25) is 4.79 Å². The number of benzene rings is 1. The molecule has 1 amide bonds. The number of carbonyl (C=O) groups is 1. The number of tetrazole rings is 1. The van der Waals surface area contributed by atoms with Crippen LogP contribution in [0.15, 0.2) is 22.9 Å². The Morgan fingerprint density at radius 1 is 1.47 bits per heavy atom. The lowest BCUT2D eigenvalue weighted by atomic mass is 10.1. The van der Waals surface area contributed by atoms with Gasteiger partial charge in [-0.05, 0) is 34.5 Å². The first-order valence-corrected chi connectivity index (χ1v) is 6.43. The molecule has 0 bridgehead atoms. The SMILES string of the molecule is O=C(Cn1cnnn1)N1CCc2cc(Br)cc(F)c21. The van der Waals surface area contributed by atoms with E-state index in [2.05, 4.69) is 31.5 Å². The van der Waals surface area contributed by atoms with Gasteiger partial charge in [-0.15, -0.1) is 5.10 Å². The second-order valence-corrected chi connectivity index (χ2v) is 5.11. The van der Waals surface area contributed by atoms with Crippen LogP contribution in [-0.2, 0) is 17.8 Å². The Bertz CT molecular complexity index is 630. The van der Waals surface area contributed by atoms with Crippen molar-refractivity contribution in [2.24, 2.45) is 0 Å². The Hall–Kier alpha value is -1.83. The molecule has 2 aromatic rings. The number of carbonyl (C=O) groups excluding carboxylic acids is 1. The van der Waals surface area contributed by atoms with Crippen molar-refractivity contribution in [3.63, 3.8) is 0 Å². The molecule has 1 aromatic carbocycles. The molecule has 0 saturated heterocycles. The minimum absolute atomic E-state index is 0.00193. The highest BCUT2D eigenvalue weighted by Gasteiger charge is 2.28. The van der Waals surface area contributed by atoms with Crippen molar-refractivity contribution in [3.8, 4) is 0 Å². The van der Waals surface area contributed by atoms with E-state index >= 15 is 0 Å². The van der Waals surface area contributed by atoms with Gasteiger partial charge in [-0.1, -0.05) is 15.9 Å². The van der Waals surface area contributed by atoms with Crippen molar-refractivity contribution in [3.05, 3.63) is 34.3 Å². The fourth-order valence-corrected chi connectivity index (χ4v) is 2.66. The fraction of sp³-hybridized carbons (Fsp3) is 0.273. The molecule has 0 saturated carbocycles. The summed E-state index contributed by atoms with van der Waals surface area (Å²) >= 11 is 3.25. The van der Waals surface area contributed by atoms with E-state index in [9.17, 15) is 9.18 Å². The molecule has 0 aliphatic carbocycles. The minimum Gasteiger partial charge on any atom is -0.307 e. The molecular weight excluding hydrogens is 317 g/mol. The Labute approximate surface area is 116 Å². The first-order valence-electron chi connectivity index (χ1n) is 5.64. The van der Waals surface area contributed by atoms with Crippen LogP contribution in [0.3, 0.4) is 0 Å². The van der Waals surface area contributed by atoms with Crippen molar-refractivity contribution < 1.29 is 9.18 Å². The lowest BCUT2D eigenvalue weighted by Gasteiger charge is -2.17. The smallest absolute Gasteiger partial charge is 0.248 e.